The number of fused-ring (bicyclic) bond motifs is 1. The molecular formula is C19H27N3O. The molecule has 0 radical (unpaired) electrons. The lowest BCUT2D eigenvalue weighted by atomic mass is 9.97. The van der Waals surface area contributed by atoms with E-state index in [1.807, 2.05) is 25.1 Å². The summed E-state index contributed by atoms with van der Waals surface area (Å²) >= 11 is 0. The van der Waals surface area contributed by atoms with Crippen molar-refractivity contribution in [1.29, 1.82) is 0 Å². The molecule has 0 unspecified atom stereocenters. The van der Waals surface area contributed by atoms with Crippen LogP contribution in [0.2, 0.25) is 0 Å². The molecule has 0 N–H and O–H groups in total. The van der Waals surface area contributed by atoms with Crippen LogP contribution >= 0.6 is 0 Å². The zero-order valence-corrected chi connectivity index (χ0v) is 14.5. The molecule has 1 atom stereocenters. The number of aryl methyl sites for hydroxylation is 2. The SMILES string of the molecule is Cc1ccc2ncn(CC[C@@H]3CCCCN3C(C)C)c(=O)c2c1. The number of benzene rings is 1. The van der Waals surface area contributed by atoms with E-state index in [0.29, 0.717) is 12.1 Å². The molecule has 0 amide bonds. The first-order chi connectivity index (χ1) is 11.1. The monoisotopic (exact) mass is 313 g/mol. The molecule has 0 spiro atoms. The summed E-state index contributed by atoms with van der Waals surface area (Å²) in [4.78, 5) is 19.7. The smallest absolute Gasteiger partial charge is 0.261 e. The fourth-order valence-corrected chi connectivity index (χ4v) is 3.73. The van der Waals surface area contributed by atoms with Crippen molar-refractivity contribution in [3.63, 3.8) is 0 Å². The van der Waals surface area contributed by atoms with Gasteiger partial charge in [0.05, 0.1) is 17.2 Å². The van der Waals surface area contributed by atoms with Crippen molar-refractivity contribution in [3.05, 3.63) is 40.4 Å². The minimum atomic E-state index is 0.0885. The van der Waals surface area contributed by atoms with E-state index in [4.69, 9.17) is 0 Å². The van der Waals surface area contributed by atoms with Gasteiger partial charge in [-0.15, -0.1) is 0 Å². The topological polar surface area (TPSA) is 38.1 Å². The van der Waals surface area contributed by atoms with E-state index in [1.165, 1.54) is 25.8 Å². The first-order valence-corrected chi connectivity index (χ1v) is 8.78. The fourth-order valence-electron chi connectivity index (χ4n) is 3.73. The van der Waals surface area contributed by atoms with Crippen LogP contribution in [0.3, 0.4) is 0 Å². The third-order valence-corrected chi connectivity index (χ3v) is 5.02. The van der Waals surface area contributed by atoms with Gasteiger partial charge in [0.1, 0.15) is 0 Å². The average Bonchev–Trinajstić information content (AvgIpc) is 2.55. The average molecular weight is 313 g/mol. The summed E-state index contributed by atoms with van der Waals surface area (Å²) in [6.07, 6.45) is 6.58. The maximum Gasteiger partial charge on any atom is 0.261 e. The molecule has 2 heterocycles. The van der Waals surface area contributed by atoms with Crippen LogP contribution in [0.15, 0.2) is 29.3 Å². The Balaban J connectivity index is 1.79. The van der Waals surface area contributed by atoms with Gasteiger partial charge < -0.3 is 0 Å². The van der Waals surface area contributed by atoms with Crippen molar-refractivity contribution in [2.75, 3.05) is 6.54 Å². The predicted molar refractivity (Wildman–Crippen MR) is 94.8 cm³/mol. The first kappa shape index (κ1) is 16.2. The summed E-state index contributed by atoms with van der Waals surface area (Å²) in [5.41, 5.74) is 1.98. The zero-order chi connectivity index (χ0) is 16.4. The number of nitrogens with zero attached hydrogens (tertiary/aromatic N) is 3. The van der Waals surface area contributed by atoms with Crippen molar-refractivity contribution in [2.24, 2.45) is 0 Å². The molecular weight excluding hydrogens is 286 g/mol. The summed E-state index contributed by atoms with van der Waals surface area (Å²) in [7, 11) is 0. The standard InChI is InChI=1S/C19H27N3O/c1-14(2)22-10-5-4-6-16(22)9-11-21-13-20-18-8-7-15(3)12-17(18)19(21)23/h7-8,12-14,16H,4-6,9-11H2,1-3H3/t16-/m0/s1. The molecule has 3 rings (SSSR count). The number of rotatable bonds is 4. The van der Waals surface area contributed by atoms with E-state index in [-0.39, 0.29) is 5.56 Å². The van der Waals surface area contributed by atoms with Crippen molar-refractivity contribution in [1.82, 2.24) is 14.5 Å². The van der Waals surface area contributed by atoms with Gasteiger partial charge in [-0.2, -0.15) is 0 Å². The van der Waals surface area contributed by atoms with Crippen molar-refractivity contribution in [2.45, 2.75) is 65.1 Å². The number of aromatic nitrogens is 2. The zero-order valence-electron chi connectivity index (χ0n) is 14.5. The first-order valence-electron chi connectivity index (χ1n) is 8.78. The van der Waals surface area contributed by atoms with Gasteiger partial charge in [0.15, 0.2) is 0 Å². The summed E-state index contributed by atoms with van der Waals surface area (Å²) in [5, 5.41) is 0.733. The quantitative estimate of drug-likeness (QED) is 0.869. The molecule has 1 aromatic heterocycles. The maximum atomic E-state index is 12.7. The van der Waals surface area contributed by atoms with Crippen molar-refractivity contribution in [3.8, 4) is 0 Å². The highest BCUT2D eigenvalue weighted by atomic mass is 16.1. The highest BCUT2D eigenvalue weighted by Gasteiger charge is 2.24. The summed E-state index contributed by atoms with van der Waals surface area (Å²) < 4.78 is 1.79. The van der Waals surface area contributed by atoms with Gasteiger partial charge in [-0.1, -0.05) is 18.1 Å². The largest absolute Gasteiger partial charge is 0.299 e. The van der Waals surface area contributed by atoms with Crippen LogP contribution in [-0.2, 0) is 6.54 Å². The summed E-state index contributed by atoms with van der Waals surface area (Å²) in [6.45, 7) is 8.49. The van der Waals surface area contributed by atoms with Crippen molar-refractivity contribution < 1.29 is 0 Å². The van der Waals surface area contributed by atoms with Gasteiger partial charge in [0, 0.05) is 18.6 Å². The molecule has 1 aliphatic heterocycles. The van der Waals surface area contributed by atoms with Crippen LogP contribution in [0.4, 0.5) is 0 Å². The molecule has 23 heavy (non-hydrogen) atoms. The lowest BCUT2D eigenvalue weighted by Gasteiger charge is -2.38. The Labute approximate surface area is 138 Å². The lowest BCUT2D eigenvalue weighted by molar-refractivity contribution is 0.102. The van der Waals surface area contributed by atoms with Crippen molar-refractivity contribution >= 4 is 10.9 Å². The second-order valence-corrected chi connectivity index (χ2v) is 7.03. The lowest BCUT2D eigenvalue weighted by Crippen LogP contribution is -2.44. The van der Waals surface area contributed by atoms with Gasteiger partial charge in [0.25, 0.3) is 5.56 Å². The van der Waals surface area contributed by atoms with Crippen LogP contribution in [0.5, 0.6) is 0 Å². The predicted octanol–water partition coefficient (Wildman–Crippen LogP) is 3.36. The molecule has 1 aliphatic rings. The van der Waals surface area contributed by atoms with Crippen LogP contribution in [0.25, 0.3) is 10.9 Å². The molecule has 124 valence electrons. The number of likely N-dealkylation sites (tertiary alicyclic amines) is 1. The Kier molecular flexibility index (Phi) is 4.81. The van der Waals surface area contributed by atoms with E-state index in [2.05, 4.69) is 23.7 Å². The van der Waals surface area contributed by atoms with Crippen LogP contribution < -0.4 is 5.56 Å². The van der Waals surface area contributed by atoms with E-state index >= 15 is 0 Å². The third-order valence-electron chi connectivity index (χ3n) is 5.02. The second kappa shape index (κ2) is 6.83. The fraction of sp³-hybridized carbons (Fsp3) is 0.579. The second-order valence-electron chi connectivity index (χ2n) is 7.03. The molecule has 1 fully saturated rings. The number of hydrogen-bond acceptors (Lipinski definition) is 3. The molecule has 4 nitrogen and oxygen atoms in total. The molecule has 1 aromatic carbocycles. The van der Waals surface area contributed by atoms with Crippen LogP contribution in [0.1, 0.15) is 45.1 Å². The molecule has 0 aliphatic carbocycles. The normalized spacial score (nSPS) is 19.6. The minimum Gasteiger partial charge on any atom is -0.299 e. The van der Waals surface area contributed by atoms with Gasteiger partial charge in [-0.25, -0.2) is 4.98 Å². The maximum absolute atomic E-state index is 12.7. The Morgan fingerprint density at radius 2 is 2.13 bits per heavy atom. The Hall–Kier alpha value is -1.68. The van der Waals surface area contributed by atoms with Gasteiger partial charge >= 0.3 is 0 Å². The Bertz CT molecular complexity index is 735. The van der Waals surface area contributed by atoms with Crippen LogP contribution in [0, 0.1) is 6.92 Å². The Morgan fingerprint density at radius 3 is 2.91 bits per heavy atom. The van der Waals surface area contributed by atoms with Crippen LogP contribution in [-0.4, -0.2) is 33.1 Å². The van der Waals surface area contributed by atoms with E-state index in [0.717, 1.165) is 29.4 Å². The molecule has 0 bridgehead atoms. The molecule has 4 heteroatoms. The third kappa shape index (κ3) is 3.47. The van der Waals surface area contributed by atoms with E-state index in [1.54, 1.807) is 10.9 Å². The number of piperidine rings is 1. The highest BCUT2D eigenvalue weighted by Crippen LogP contribution is 2.22. The van der Waals surface area contributed by atoms with E-state index < -0.39 is 0 Å². The van der Waals surface area contributed by atoms with E-state index in [9.17, 15) is 4.79 Å². The Morgan fingerprint density at radius 1 is 1.30 bits per heavy atom. The van der Waals surface area contributed by atoms with Gasteiger partial charge in [-0.3, -0.25) is 14.3 Å². The van der Waals surface area contributed by atoms with Gasteiger partial charge in [-0.05, 0) is 58.7 Å². The summed E-state index contributed by atoms with van der Waals surface area (Å²) in [6, 6.07) is 7.04. The highest BCUT2D eigenvalue weighted by molar-refractivity contribution is 5.77. The summed E-state index contributed by atoms with van der Waals surface area (Å²) in [5.74, 6) is 0. The molecule has 2 aromatic rings. The minimum absolute atomic E-state index is 0.0885. The van der Waals surface area contributed by atoms with Gasteiger partial charge in [0.2, 0.25) is 0 Å². The molecule has 0 saturated carbocycles. The number of hydrogen-bond donors (Lipinski definition) is 0. The molecule has 1 saturated heterocycles.